The van der Waals surface area contributed by atoms with Crippen LogP contribution in [-0.2, 0) is 9.74 Å². The lowest BCUT2D eigenvalue weighted by Crippen LogP contribution is -2.12. The third-order valence-corrected chi connectivity index (χ3v) is 1.73. The van der Waals surface area contributed by atoms with E-state index in [2.05, 4.69) is 4.94 Å². The molecule has 0 N–H and O–H groups in total. The maximum Gasteiger partial charge on any atom is 0.385 e. The van der Waals surface area contributed by atoms with Crippen LogP contribution in [0.3, 0.4) is 0 Å². The van der Waals surface area contributed by atoms with E-state index in [1.165, 1.54) is 12.1 Å². The number of hydrogen-bond acceptors (Lipinski definition) is 4. The Morgan fingerprint density at radius 3 is 2.60 bits per heavy atom. The van der Waals surface area contributed by atoms with Crippen LogP contribution < -0.4 is 4.74 Å². The molecule has 0 unspecified atom stereocenters. The molecule has 0 fully saturated rings. The first-order valence-electron chi connectivity index (χ1n) is 3.88. The average molecular weight is 233 g/mol. The van der Waals surface area contributed by atoms with Crippen molar-refractivity contribution < 1.29 is 23.8 Å². The number of para-hydroxylation sites is 1. The van der Waals surface area contributed by atoms with Crippen LogP contribution in [0.4, 0.5) is 4.53 Å². The lowest BCUT2D eigenvalue weighted by molar-refractivity contribution is -0.185. The molecule has 0 saturated carbocycles. The smallest absolute Gasteiger partial charge is 0.385 e. The van der Waals surface area contributed by atoms with E-state index in [1.54, 1.807) is 12.1 Å². The number of halogens is 2. The minimum absolute atomic E-state index is 0.0999. The van der Waals surface area contributed by atoms with Crippen molar-refractivity contribution in [2.24, 2.45) is 0 Å². The van der Waals surface area contributed by atoms with E-state index in [-0.39, 0.29) is 11.3 Å². The Morgan fingerprint density at radius 1 is 1.33 bits per heavy atom. The van der Waals surface area contributed by atoms with E-state index in [9.17, 15) is 14.1 Å². The first-order chi connectivity index (χ1) is 7.15. The highest BCUT2D eigenvalue weighted by molar-refractivity contribution is 6.68. The molecular weight excluding hydrogens is 227 g/mol. The Balaban J connectivity index is 2.76. The highest BCUT2D eigenvalue weighted by atomic mass is 35.5. The van der Waals surface area contributed by atoms with Crippen LogP contribution in [0.5, 0.6) is 5.75 Å². The fraction of sp³-hybridized carbons (Fsp3) is 0.111. The quantitative estimate of drug-likeness (QED) is 0.744. The van der Waals surface area contributed by atoms with Crippen LogP contribution in [0, 0.1) is 0 Å². The molecule has 0 atom stereocenters. The second kappa shape index (κ2) is 5.31. The minimum atomic E-state index is -1.19. The lowest BCUT2D eigenvalue weighted by Gasteiger charge is -2.05. The van der Waals surface area contributed by atoms with Crippen LogP contribution in [0.2, 0.25) is 0 Å². The summed E-state index contributed by atoms with van der Waals surface area (Å²) in [6, 6.07) is 6.02. The molecule has 0 heterocycles. The van der Waals surface area contributed by atoms with Gasteiger partial charge < -0.3 is 4.74 Å². The van der Waals surface area contributed by atoms with Crippen molar-refractivity contribution in [2.75, 3.05) is 6.61 Å². The zero-order valence-corrected chi connectivity index (χ0v) is 8.16. The van der Waals surface area contributed by atoms with Gasteiger partial charge in [-0.2, -0.15) is 0 Å². The summed E-state index contributed by atoms with van der Waals surface area (Å²) in [7, 11) is 0. The van der Waals surface area contributed by atoms with Crippen molar-refractivity contribution in [3.05, 3.63) is 29.8 Å². The fourth-order valence-electron chi connectivity index (χ4n) is 0.914. The zero-order valence-electron chi connectivity index (χ0n) is 7.41. The molecule has 0 radical (unpaired) electrons. The van der Waals surface area contributed by atoms with Crippen molar-refractivity contribution in [1.82, 2.24) is 0 Å². The Morgan fingerprint density at radius 2 is 2.00 bits per heavy atom. The van der Waals surface area contributed by atoms with Gasteiger partial charge in [-0.3, -0.25) is 9.74 Å². The zero-order chi connectivity index (χ0) is 11.3. The molecule has 6 heteroatoms. The van der Waals surface area contributed by atoms with E-state index in [0.29, 0.717) is 0 Å². The predicted octanol–water partition coefficient (Wildman–Crippen LogP) is 1.87. The molecule has 4 nitrogen and oxygen atoms in total. The molecule has 1 aromatic rings. The highest BCUT2D eigenvalue weighted by Gasteiger charge is 2.11. The molecule has 0 aromatic heterocycles. The largest absolute Gasteiger partial charge is 0.481 e. The van der Waals surface area contributed by atoms with Gasteiger partial charge in [0.25, 0.3) is 5.24 Å². The van der Waals surface area contributed by atoms with Crippen LogP contribution in [0.25, 0.3) is 0 Å². The van der Waals surface area contributed by atoms with E-state index in [4.69, 9.17) is 16.3 Å². The van der Waals surface area contributed by atoms with Gasteiger partial charge in [0.2, 0.25) is 0 Å². The van der Waals surface area contributed by atoms with Crippen molar-refractivity contribution in [3.8, 4) is 5.75 Å². The summed E-state index contributed by atoms with van der Waals surface area (Å²) in [4.78, 5) is 24.2. The Bertz CT molecular complexity index is 380. The van der Waals surface area contributed by atoms with E-state index < -0.39 is 17.8 Å². The molecule has 0 spiro atoms. The van der Waals surface area contributed by atoms with Gasteiger partial charge >= 0.3 is 5.97 Å². The molecule has 15 heavy (non-hydrogen) atoms. The van der Waals surface area contributed by atoms with E-state index in [1.807, 2.05) is 0 Å². The second-order valence-corrected chi connectivity index (χ2v) is 2.85. The summed E-state index contributed by atoms with van der Waals surface area (Å²) >= 11 is 5.25. The topological polar surface area (TPSA) is 52.6 Å². The second-order valence-electron chi connectivity index (χ2n) is 2.51. The van der Waals surface area contributed by atoms with Gasteiger partial charge in [-0.15, -0.1) is 0 Å². The number of carbonyl (C=O) groups is 2. The van der Waals surface area contributed by atoms with Crippen LogP contribution in [-0.4, -0.2) is 17.8 Å². The van der Waals surface area contributed by atoms with Crippen molar-refractivity contribution in [3.63, 3.8) is 0 Å². The highest BCUT2D eigenvalue weighted by Crippen LogP contribution is 2.19. The molecule has 0 saturated heterocycles. The Labute approximate surface area is 89.4 Å². The van der Waals surface area contributed by atoms with Crippen LogP contribution in [0.1, 0.15) is 10.4 Å². The molecule has 1 rings (SSSR count). The minimum Gasteiger partial charge on any atom is -0.481 e. The third kappa shape index (κ3) is 3.21. The number of hydrogen-bond donors (Lipinski definition) is 0. The van der Waals surface area contributed by atoms with Crippen molar-refractivity contribution in [1.29, 1.82) is 0 Å². The molecular formula is C9H6ClFO4. The first-order valence-corrected chi connectivity index (χ1v) is 4.26. The molecule has 0 aliphatic carbocycles. The molecule has 0 amide bonds. The normalized spacial score (nSPS) is 9.47. The fourth-order valence-corrected chi connectivity index (χ4v) is 1.07. The monoisotopic (exact) mass is 232 g/mol. The van der Waals surface area contributed by atoms with Crippen molar-refractivity contribution >= 4 is 22.8 Å². The van der Waals surface area contributed by atoms with E-state index in [0.717, 1.165) is 0 Å². The Kier molecular flexibility index (Phi) is 4.05. The number of rotatable bonds is 4. The van der Waals surface area contributed by atoms with Gasteiger partial charge in [-0.25, -0.2) is 4.79 Å². The summed E-state index contributed by atoms with van der Waals surface area (Å²) in [5, 5.41) is -0.723. The first kappa shape index (κ1) is 11.5. The molecule has 0 aliphatic heterocycles. The van der Waals surface area contributed by atoms with Crippen LogP contribution >= 0.6 is 11.6 Å². The molecule has 80 valence electrons. The summed E-state index contributed by atoms with van der Waals surface area (Å²) in [6.45, 7) is -0.627. The van der Waals surface area contributed by atoms with Gasteiger partial charge in [0.15, 0.2) is 6.61 Å². The van der Waals surface area contributed by atoms with Crippen LogP contribution in [0.15, 0.2) is 24.3 Å². The maximum atomic E-state index is 11.3. The summed E-state index contributed by atoms with van der Waals surface area (Å²) in [5.41, 5.74) is 0.103. The van der Waals surface area contributed by atoms with Gasteiger partial charge in [-0.05, 0) is 23.7 Å². The van der Waals surface area contributed by atoms with Gasteiger partial charge in [0, 0.05) is 4.53 Å². The summed E-state index contributed by atoms with van der Waals surface area (Å²) in [5.74, 6) is -1.09. The average Bonchev–Trinajstić information content (AvgIpc) is 2.26. The SMILES string of the molecule is O=C(COc1ccccc1C(=O)Cl)OF. The standard InChI is InChI=1S/C9H6ClFO4/c10-9(13)6-3-1-2-4-7(6)14-5-8(12)15-11/h1-4H,5H2. The van der Waals surface area contributed by atoms with Gasteiger partial charge in [0.05, 0.1) is 5.56 Å². The van der Waals surface area contributed by atoms with Crippen molar-refractivity contribution in [2.45, 2.75) is 0 Å². The van der Waals surface area contributed by atoms with Gasteiger partial charge in [0.1, 0.15) is 5.75 Å². The number of ether oxygens (including phenoxy) is 1. The molecule has 0 bridgehead atoms. The number of benzene rings is 1. The van der Waals surface area contributed by atoms with E-state index >= 15 is 0 Å². The predicted molar refractivity (Wildman–Crippen MR) is 49.3 cm³/mol. The summed E-state index contributed by atoms with van der Waals surface area (Å²) in [6.07, 6.45) is 0. The Hall–Kier alpha value is -1.62. The lowest BCUT2D eigenvalue weighted by atomic mass is 10.2. The molecule has 1 aromatic carbocycles. The molecule has 0 aliphatic rings. The third-order valence-electron chi connectivity index (χ3n) is 1.53. The number of carbonyl (C=O) groups excluding carboxylic acids is 2. The maximum absolute atomic E-state index is 11.3. The summed E-state index contributed by atoms with van der Waals surface area (Å²) < 4.78 is 16.2. The van der Waals surface area contributed by atoms with Gasteiger partial charge in [-0.1, -0.05) is 12.1 Å².